The van der Waals surface area contributed by atoms with Crippen LogP contribution in [0.3, 0.4) is 0 Å². The molecule has 1 fully saturated rings. The summed E-state index contributed by atoms with van der Waals surface area (Å²) in [6.07, 6.45) is 12.3. The van der Waals surface area contributed by atoms with Crippen LogP contribution in [0.15, 0.2) is 24.3 Å². The first-order valence-electron chi connectivity index (χ1n) is 10.2. The Kier molecular flexibility index (Phi) is 5.15. The maximum atomic E-state index is 13.1. The number of nitrogens with one attached hydrogen (secondary N) is 1. The molecule has 2 aromatic rings. The highest BCUT2D eigenvalue weighted by molar-refractivity contribution is 6.04. The minimum Gasteiger partial charge on any atom is -0.305 e. The van der Waals surface area contributed by atoms with E-state index in [0.29, 0.717) is 5.92 Å². The lowest BCUT2D eigenvalue weighted by Gasteiger charge is -2.25. The van der Waals surface area contributed by atoms with Gasteiger partial charge in [-0.15, -0.1) is 0 Å². The van der Waals surface area contributed by atoms with Gasteiger partial charge in [0.25, 0.3) is 5.91 Å². The number of anilines is 1. The summed E-state index contributed by atoms with van der Waals surface area (Å²) in [7, 11) is 0. The van der Waals surface area contributed by atoms with Gasteiger partial charge in [0.1, 0.15) is 0 Å². The fourth-order valence-corrected chi connectivity index (χ4v) is 4.64. The summed E-state index contributed by atoms with van der Waals surface area (Å²) in [6, 6.07) is 6.58. The van der Waals surface area contributed by atoms with Gasteiger partial charge < -0.3 is 4.90 Å². The number of H-pyrrole nitrogens is 1. The molecule has 1 heterocycles. The van der Waals surface area contributed by atoms with E-state index in [0.717, 1.165) is 35.6 Å². The summed E-state index contributed by atoms with van der Waals surface area (Å²) < 4.78 is 0. The van der Waals surface area contributed by atoms with Crippen molar-refractivity contribution in [3.63, 3.8) is 0 Å². The van der Waals surface area contributed by atoms with Crippen LogP contribution in [0.25, 0.3) is 6.08 Å². The molecular formula is C23H29N3O. The molecule has 1 aromatic heterocycles. The quantitative estimate of drug-likeness (QED) is 0.779. The molecule has 1 aromatic carbocycles. The number of amides is 1. The Morgan fingerprint density at radius 1 is 1.19 bits per heavy atom. The van der Waals surface area contributed by atoms with Gasteiger partial charge in [0.05, 0.1) is 17.1 Å². The molecule has 0 unspecified atom stereocenters. The highest BCUT2D eigenvalue weighted by Crippen LogP contribution is 2.30. The van der Waals surface area contributed by atoms with Crippen molar-refractivity contribution in [3.8, 4) is 0 Å². The average Bonchev–Trinajstić information content (AvgIpc) is 3.40. The number of fused-ring (bicyclic) bond motifs is 1. The normalized spacial score (nSPS) is 17.0. The molecule has 2 aliphatic carbocycles. The van der Waals surface area contributed by atoms with Crippen LogP contribution in [-0.4, -0.2) is 22.6 Å². The average molecular weight is 364 g/mol. The fraction of sp³-hybridized carbons (Fsp3) is 0.478. The van der Waals surface area contributed by atoms with E-state index in [1.165, 1.54) is 49.7 Å². The number of carbonyl (C=O) groups is 1. The number of hydrogen-bond donors (Lipinski definition) is 1. The van der Waals surface area contributed by atoms with Gasteiger partial charge in [0, 0.05) is 12.6 Å². The maximum Gasteiger partial charge on any atom is 0.251 e. The summed E-state index contributed by atoms with van der Waals surface area (Å²) >= 11 is 0. The first-order chi connectivity index (χ1) is 13.1. The number of benzene rings is 1. The zero-order chi connectivity index (χ0) is 18.8. The Morgan fingerprint density at radius 3 is 2.70 bits per heavy atom. The molecule has 4 nitrogen and oxygen atoms in total. The monoisotopic (exact) mass is 363 g/mol. The van der Waals surface area contributed by atoms with Crippen LogP contribution in [0.4, 0.5) is 5.69 Å². The van der Waals surface area contributed by atoms with Crippen LogP contribution >= 0.6 is 0 Å². The molecule has 0 saturated heterocycles. The van der Waals surface area contributed by atoms with Gasteiger partial charge in [0.2, 0.25) is 0 Å². The van der Waals surface area contributed by atoms with Crippen LogP contribution in [0, 0.1) is 19.8 Å². The minimum atomic E-state index is 0.0509. The third-order valence-electron chi connectivity index (χ3n) is 6.08. The Bertz CT molecular complexity index is 839. The van der Waals surface area contributed by atoms with E-state index in [2.05, 4.69) is 28.4 Å². The molecule has 1 N–H and O–H groups in total. The van der Waals surface area contributed by atoms with Crippen LogP contribution in [0.1, 0.15) is 60.2 Å². The van der Waals surface area contributed by atoms with E-state index in [1.807, 2.05) is 24.8 Å². The highest BCUT2D eigenvalue weighted by atomic mass is 16.2. The lowest BCUT2D eigenvalue weighted by molar-refractivity contribution is -0.114. The smallest absolute Gasteiger partial charge is 0.251 e. The van der Waals surface area contributed by atoms with E-state index in [4.69, 9.17) is 0 Å². The minimum absolute atomic E-state index is 0.0509. The molecule has 4 heteroatoms. The molecule has 1 amide bonds. The summed E-state index contributed by atoms with van der Waals surface area (Å²) in [4.78, 5) is 15.1. The Balaban J connectivity index is 1.56. The van der Waals surface area contributed by atoms with E-state index in [9.17, 15) is 4.79 Å². The molecule has 1 saturated carbocycles. The first kappa shape index (κ1) is 18.0. The topological polar surface area (TPSA) is 49.0 Å². The van der Waals surface area contributed by atoms with Crippen molar-refractivity contribution < 1.29 is 4.79 Å². The number of rotatable bonds is 5. The number of hydrogen-bond acceptors (Lipinski definition) is 2. The summed E-state index contributed by atoms with van der Waals surface area (Å²) in [5, 5.41) is 7.34. The number of nitrogens with zero attached hydrogens (tertiary/aromatic N) is 2. The number of aromatic amines is 1. The SMILES string of the molecule is Cc1n[nH]c(C)c1N(CC1CCCC1)C(=O)/C=C/c1ccc2c(c1)CCC2. The lowest BCUT2D eigenvalue weighted by Crippen LogP contribution is -2.34. The Labute approximate surface area is 161 Å². The molecule has 0 radical (unpaired) electrons. The van der Waals surface area contributed by atoms with Crippen molar-refractivity contribution in [2.24, 2.45) is 5.92 Å². The largest absolute Gasteiger partial charge is 0.305 e. The Morgan fingerprint density at radius 2 is 1.96 bits per heavy atom. The zero-order valence-electron chi connectivity index (χ0n) is 16.4. The lowest BCUT2D eigenvalue weighted by atomic mass is 10.1. The third kappa shape index (κ3) is 3.85. The molecular weight excluding hydrogens is 334 g/mol. The second-order valence-electron chi connectivity index (χ2n) is 8.10. The second-order valence-corrected chi connectivity index (χ2v) is 8.10. The van der Waals surface area contributed by atoms with E-state index >= 15 is 0 Å². The van der Waals surface area contributed by atoms with E-state index < -0.39 is 0 Å². The van der Waals surface area contributed by atoms with E-state index in [-0.39, 0.29) is 5.91 Å². The summed E-state index contributed by atoms with van der Waals surface area (Å²) in [5.74, 6) is 0.644. The van der Waals surface area contributed by atoms with Crippen LogP contribution in [0.5, 0.6) is 0 Å². The third-order valence-corrected chi connectivity index (χ3v) is 6.08. The number of carbonyl (C=O) groups excluding carboxylic acids is 1. The maximum absolute atomic E-state index is 13.1. The van der Waals surface area contributed by atoms with Crippen molar-refractivity contribution in [2.75, 3.05) is 11.4 Å². The molecule has 0 bridgehead atoms. The molecule has 2 aliphatic rings. The van der Waals surface area contributed by atoms with E-state index in [1.54, 1.807) is 6.08 Å². The van der Waals surface area contributed by atoms with Crippen LogP contribution in [0.2, 0.25) is 0 Å². The van der Waals surface area contributed by atoms with Gasteiger partial charge in [-0.2, -0.15) is 5.10 Å². The Hall–Kier alpha value is -2.36. The summed E-state index contributed by atoms with van der Waals surface area (Å²) in [5.41, 5.74) is 6.82. The number of aryl methyl sites for hydroxylation is 4. The van der Waals surface area contributed by atoms with Gasteiger partial charge in [-0.1, -0.05) is 31.0 Å². The predicted molar refractivity (Wildman–Crippen MR) is 110 cm³/mol. The number of aromatic nitrogens is 2. The van der Waals surface area contributed by atoms with Gasteiger partial charge in [-0.25, -0.2) is 0 Å². The second kappa shape index (κ2) is 7.71. The first-order valence-corrected chi connectivity index (χ1v) is 10.2. The molecule has 142 valence electrons. The van der Waals surface area contributed by atoms with Gasteiger partial charge in [0.15, 0.2) is 0 Å². The van der Waals surface area contributed by atoms with Crippen molar-refractivity contribution in [2.45, 2.75) is 58.8 Å². The van der Waals surface area contributed by atoms with Crippen LogP contribution in [-0.2, 0) is 17.6 Å². The molecule has 27 heavy (non-hydrogen) atoms. The highest BCUT2D eigenvalue weighted by Gasteiger charge is 2.25. The van der Waals surface area contributed by atoms with Crippen molar-refractivity contribution in [1.29, 1.82) is 0 Å². The van der Waals surface area contributed by atoms with Gasteiger partial charge >= 0.3 is 0 Å². The van der Waals surface area contributed by atoms with Gasteiger partial charge in [-0.05, 0) is 74.6 Å². The van der Waals surface area contributed by atoms with Gasteiger partial charge in [-0.3, -0.25) is 9.89 Å². The van der Waals surface area contributed by atoms with Crippen molar-refractivity contribution in [1.82, 2.24) is 10.2 Å². The summed E-state index contributed by atoms with van der Waals surface area (Å²) in [6.45, 7) is 4.75. The standard InChI is InChI=1S/C23H29N3O/c1-16-23(17(2)25-24-16)26(15-19-6-3-4-7-19)22(27)13-11-18-10-12-20-8-5-9-21(20)14-18/h10-14,19H,3-9,15H2,1-2H3,(H,24,25)/b13-11+. The molecule has 0 atom stereocenters. The zero-order valence-corrected chi connectivity index (χ0v) is 16.4. The fourth-order valence-electron chi connectivity index (χ4n) is 4.64. The molecule has 0 aliphatic heterocycles. The molecule has 4 rings (SSSR count). The van der Waals surface area contributed by atoms with Crippen LogP contribution < -0.4 is 4.90 Å². The molecule has 0 spiro atoms. The van der Waals surface area contributed by atoms with Crippen molar-refractivity contribution >= 4 is 17.7 Å². The predicted octanol–water partition coefficient (Wildman–Crippen LogP) is 4.75. The van der Waals surface area contributed by atoms with Crippen molar-refractivity contribution in [3.05, 3.63) is 52.4 Å².